The highest BCUT2D eigenvalue weighted by Gasteiger charge is 2.17. The van der Waals surface area contributed by atoms with Crippen molar-refractivity contribution in [2.45, 2.75) is 19.4 Å². The molecule has 86 valence electrons. The van der Waals surface area contributed by atoms with Crippen molar-refractivity contribution in [1.82, 2.24) is 10.6 Å². The molecule has 1 amide bonds. The lowest BCUT2D eigenvalue weighted by atomic mass is 10.1. The molecule has 0 saturated carbocycles. The smallest absolute Gasteiger partial charge is 0.251 e. The molecule has 3 nitrogen and oxygen atoms in total. The molecule has 1 heterocycles. The average Bonchev–Trinajstić information content (AvgIpc) is 2.74. The normalized spacial score (nSPS) is 19.8. The monoisotopic (exact) mass is 238 g/mol. The summed E-state index contributed by atoms with van der Waals surface area (Å²) in [5.74, 6) is -0.0457. The Kier molecular flexibility index (Phi) is 3.46. The summed E-state index contributed by atoms with van der Waals surface area (Å²) in [7, 11) is 0. The van der Waals surface area contributed by atoms with E-state index < -0.39 is 0 Å². The Labute approximate surface area is 100 Å². The van der Waals surface area contributed by atoms with Crippen molar-refractivity contribution in [1.29, 1.82) is 0 Å². The lowest BCUT2D eigenvalue weighted by Gasteiger charge is -2.11. The predicted molar refractivity (Wildman–Crippen MR) is 64.9 cm³/mol. The van der Waals surface area contributed by atoms with E-state index >= 15 is 0 Å². The summed E-state index contributed by atoms with van der Waals surface area (Å²) < 4.78 is 0. The quantitative estimate of drug-likeness (QED) is 0.824. The molecule has 0 bridgehead atoms. The first-order valence-electron chi connectivity index (χ1n) is 5.44. The van der Waals surface area contributed by atoms with Gasteiger partial charge in [-0.15, -0.1) is 0 Å². The van der Waals surface area contributed by atoms with Crippen LogP contribution in [0.25, 0.3) is 0 Å². The lowest BCUT2D eigenvalue weighted by molar-refractivity contribution is 0.0940. The van der Waals surface area contributed by atoms with Crippen molar-refractivity contribution in [2.75, 3.05) is 13.1 Å². The van der Waals surface area contributed by atoms with Crippen molar-refractivity contribution >= 4 is 17.5 Å². The second-order valence-electron chi connectivity index (χ2n) is 4.13. The Morgan fingerprint density at radius 2 is 2.38 bits per heavy atom. The van der Waals surface area contributed by atoms with Crippen LogP contribution in [0, 0.1) is 6.92 Å². The van der Waals surface area contributed by atoms with E-state index in [2.05, 4.69) is 10.6 Å². The summed E-state index contributed by atoms with van der Waals surface area (Å²) in [6.07, 6.45) is 0.991. The van der Waals surface area contributed by atoms with Crippen LogP contribution in [0.15, 0.2) is 18.2 Å². The van der Waals surface area contributed by atoms with E-state index in [4.69, 9.17) is 11.6 Å². The van der Waals surface area contributed by atoms with Crippen molar-refractivity contribution in [3.8, 4) is 0 Å². The molecule has 2 N–H and O–H groups in total. The minimum absolute atomic E-state index is 0.0457. The molecule has 0 aromatic heterocycles. The van der Waals surface area contributed by atoms with Gasteiger partial charge in [-0.1, -0.05) is 17.7 Å². The molecule has 2 rings (SSSR count). The molecule has 16 heavy (non-hydrogen) atoms. The van der Waals surface area contributed by atoms with Crippen LogP contribution in [0.2, 0.25) is 5.02 Å². The van der Waals surface area contributed by atoms with E-state index in [-0.39, 0.29) is 11.9 Å². The van der Waals surface area contributed by atoms with Gasteiger partial charge in [0, 0.05) is 23.2 Å². The zero-order chi connectivity index (χ0) is 11.5. The molecule has 1 aliphatic rings. The number of hydrogen-bond acceptors (Lipinski definition) is 2. The van der Waals surface area contributed by atoms with E-state index in [1.807, 2.05) is 13.0 Å². The fraction of sp³-hybridized carbons (Fsp3) is 0.417. The summed E-state index contributed by atoms with van der Waals surface area (Å²) in [4.78, 5) is 11.9. The van der Waals surface area contributed by atoms with Gasteiger partial charge in [-0.25, -0.2) is 0 Å². The lowest BCUT2D eigenvalue weighted by Crippen LogP contribution is -2.36. The molecule has 1 aromatic carbocycles. The highest BCUT2D eigenvalue weighted by atomic mass is 35.5. The van der Waals surface area contributed by atoms with Crippen LogP contribution in [-0.2, 0) is 0 Å². The highest BCUT2D eigenvalue weighted by Crippen LogP contribution is 2.16. The van der Waals surface area contributed by atoms with Crippen LogP contribution in [0.1, 0.15) is 22.3 Å². The van der Waals surface area contributed by atoms with Gasteiger partial charge >= 0.3 is 0 Å². The van der Waals surface area contributed by atoms with Crippen LogP contribution in [0.4, 0.5) is 0 Å². The van der Waals surface area contributed by atoms with Crippen LogP contribution in [0.3, 0.4) is 0 Å². The molecular weight excluding hydrogens is 224 g/mol. The van der Waals surface area contributed by atoms with Gasteiger partial charge < -0.3 is 10.6 Å². The van der Waals surface area contributed by atoms with E-state index in [1.54, 1.807) is 12.1 Å². The minimum atomic E-state index is -0.0457. The molecule has 0 unspecified atom stereocenters. The largest absolute Gasteiger partial charge is 0.348 e. The fourth-order valence-corrected chi connectivity index (χ4v) is 1.96. The molecule has 0 radical (unpaired) electrons. The molecule has 1 aromatic rings. The van der Waals surface area contributed by atoms with Crippen LogP contribution in [-0.4, -0.2) is 25.0 Å². The van der Waals surface area contributed by atoms with E-state index in [1.165, 1.54) is 0 Å². The van der Waals surface area contributed by atoms with Gasteiger partial charge in [-0.2, -0.15) is 0 Å². The summed E-state index contributed by atoms with van der Waals surface area (Å²) in [6, 6.07) is 5.63. The molecule has 1 fully saturated rings. The minimum Gasteiger partial charge on any atom is -0.348 e. The number of halogens is 1. The van der Waals surface area contributed by atoms with Crippen molar-refractivity contribution < 1.29 is 4.79 Å². The number of carbonyl (C=O) groups excluding carboxylic acids is 1. The average molecular weight is 239 g/mol. The number of hydrogen-bond donors (Lipinski definition) is 2. The Bertz CT molecular complexity index is 400. The first-order chi connectivity index (χ1) is 7.66. The molecule has 0 spiro atoms. The van der Waals surface area contributed by atoms with Crippen LogP contribution in [0.5, 0.6) is 0 Å². The number of benzene rings is 1. The standard InChI is InChI=1S/C12H15ClN2O/c1-8-2-3-9(6-11(8)13)12(16)15-10-4-5-14-7-10/h2-3,6,10,14H,4-5,7H2,1H3,(H,15,16)/t10-/m0/s1. The highest BCUT2D eigenvalue weighted by molar-refractivity contribution is 6.31. The molecule has 1 saturated heterocycles. The van der Waals surface area contributed by atoms with E-state index in [0.29, 0.717) is 10.6 Å². The number of amides is 1. The maximum atomic E-state index is 11.9. The van der Waals surface area contributed by atoms with Gasteiger partial charge in [0.05, 0.1) is 0 Å². The Balaban J connectivity index is 2.05. The number of carbonyl (C=O) groups is 1. The number of aryl methyl sites for hydroxylation is 1. The molecule has 1 atom stereocenters. The second-order valence-corrected chi connectivity index (χ2v) is 4.53. The SMILES string of the molecule is Cc1ccc(C(=O)N[C@H]2CCNC2)cc1Cl. The molecule has 1 aliphatic heterocycles. The predicted octanol–water partition coefficient (Wildman–Crippen LogP) is 1.74. The summed E-state index contributed by atoms with van der Waals surface area (Å²) in [5.41, 5.74) is 1.61. The van der Waals surface area contributed by atoms with Gasteiger partial charge in [0.25, 0.3) is 5.91 Å². The van der Waals surface area contributed by atoms with Gasteiger partial charge in [-0.05, 0) is 37.6 Å². The third kappa shape index (κ3) is 2.54. The van der Waals surface area contributed by atoms with Gasteiger partial charge in [0.2, 0.25) is 0 Å². The van der Waals surface area contributed by atoms with Gasteiger partial charge in [-0.3, -0.25) is 4.79 Å². The maximum absolute atomic E-state index is 11.9. The first-order valence-corrected chi connectivity index (χ1v) is 5.82. The fourth-order valence-electron chi connectivity index (χ4n) is 1.78. The van der Waals surface area contributed by atoms with Crippen LogP contribution < -0.4 is 10.6 Å². The van der Waals surface area contributed by atoms with E-state index in [9.17, 15) is 4.79 Å². The summed E-state index contributed by atoms with van der Waals surface area (Å²) in [6.45, 7) is 3.75. The number of rotatable bonds is 2. The van der Waals surface area contributed by atoms with Crippen LogP contribution >= 0.6 is 11.6 Å². The second kappa shape index (κ2) is 4.85. The third-order valence-corrected chi connectivity index (χ3v) is 3.24. The van der Waals surface area contributed by atoms with Crippen molar-refractivity contribution in [3.05, 3.63) is 34.3 Å². The third-order valence-electron chi connectivity index (χ3n) is 2.83. The Morgan fingerprint density at radius 1 is 1.56 bits per heavy atom. The summed E-state index contributed by atoms with van der Waals surface area (Å²) >= 11 is 5.98. The first kappa shape index (κ1) is 11.4. The Morgan fingerprint density at radius 3 is 3.00 bits per heavy atom. The summed E-state index contributed by atoms with van der Waals surface area (Å²) in [5, 5.41) is 6.83. The van der Waals surface area contributed by atoms with Crippen molar-refractivity contribution in [3.63, 3.8) is 0 Å². The van der Waals surface area contributed by atoms with Gasteiger partial charge in [0.1, 0.15) is 0 Å². The zero-order valence-electron chi connectivity index (χ0n) is 9.22. The van der Waals surface area contributed by atoms with Gasteiger partial charge in [0.15, 0.2) is 0 Å². The zero-order valence-corrected chi connectivity index (χ0v) is 9.97. The maximum Gasteiger partial charge on any atom is 0.251 e. The Hall–Kier alpha value is -1.06. The number of nitrogens with one attached hydrogen (secondary N) is 2. The molecule has 4 heteroatoms. The molecule has 0 aliphatic carbocycles. The molecular formula is C12H15ClN2O. The van der Waals surface area contributed by atoms with E-state index in [0.717, 1.165) is 25.1 Å². The topological polar surface area (TPSA) is 41.1 Å². The van der Waals surface area contributed by atoms with Crippen molar-refractivity contribution in [2.24, 2.45) is 0 Å².